The summed E-state index contributed by atoms with van der Waals surface area (Å²) in [5.41, 5.74) is 0. The lowest BCUT2D eigenvalue weighted by Gasteiger charge is -1.97. The third-order valence-corrected chi connectivity index (χ3v) is 2.96. The second kappa shape index (κ2) is 4.53. The molecular weight excluding hydrogens is 218 g/mol. The van der Waals surface area contributed by atoms with E-state index in [1.54, 1.807) is 30.3 Å². The molecular formula is C10H8ClNOS. The molecule has 0 fully saturated rings. The Morgan fingerprint density at radius 2 is 2.29 bits per heavy atom. The number of pyridine rings is 1. The highest BCUT2D eigenvalue weighted by Gasteiger charge is 2.04. The van der Waals surface area contributed by atoms with Gasteiger partial charge in [0.1, 0.15) is 5.76 Å². The summed E-state index contributed by atoms with van der Waals surface area (Å²) in [4.78, 5) is 4.19. The second-order valence-electron chi connectivity index (χ2n) is 2.65. The maximum atomic E-state index is 5.88. The Balaban J connectivity index is 1.99. The lowest BCUT2D eigenvalue weighted by Crippen LogP contribution is -1.80. The zero-order valence-electron chi connectivity index (χ0n) is 7.31. The van der Waals surface area contributed by atoms with Gasteiger partial charge in [0.2, 0.25) is 0 Å². The molecule has 2 heterocycles. The topological polar surface area (TPSA) is 26.0 Å². The Morgan fingerprint density at radius 1 is 1.36 bits per heavy atom. The molecule has 0 aliphatic heterocycles. The molecule has 2 aromatic rings. The van der Waals surface area contributed by atoms with Crippen LogP contribution in [0.1, 0.15) is 5.76 Å². The summed E-state index contributed by atoms with van der Waals surface area (Å²) in [5, 5.41) is 1.65. The van der Waals surface area contributed by atoms with Crippen LogP contribution in [0.2, 0.25) is 5.02 Å². The molecule has 0 aliphatic rings. The zero-order chi connectivity index (χ0) is 9.80. The number of nitrogens with zero attached hydrogens (tertiary/aromatic N) is 1. The van der Waals surface area contributed by atoms with E-state index in [0.717, 1.165) is 10.8 Å². The van der Waals surface area contributed by atoms with Gasteiger partial charge < -0.3 is 4.42 Å². The van der Waals surface area contributed by atoms with Crippen LogP contribution in [-0.4, -0.2) is 4.98 Å². The number of aromatic nitrogens is 1. The van der Waals surface area contributed by atoms with Crippen molar-refractivity contribution >= 4 is 23.4 Å². The third kappa shape index (κ3) is 2.30. The minimum Gasteiger partial charge on any atom is -0.467 e. The molecule has 0 aromatic carbocycles. The normalized spacial score (nSPS) is 10.4. The fraction of sp³-hybridized carbons (Fsp3) is 0.100. The van der Waals surface area contributed by atoms with Gasteiger partial charge in [0, 0.05) is 6.20 Å². The van der Waals surface area contributed by atoms with Crippen LogP contribution >= 0.6 is 23.4 Å². The first kappa shape index (κ1) is 9.62. The van der Waals surface area contributed by atoms with Crippen LogP contribution in [0.15, 0.2) is 46.2 Å². The van der Waals surface area contributed by atoms with Crippen LogP contribution in [0.5, 0.6) is 0 Å². The van der Waals surface area contributed by atoms with E-state index in [9.17, 15) is 0 Å². The van der Waals surface area contributed by atoms with Gasteiger partial charge in [-0.05, 0) is 18.2 Å². The van der Waals surface area contributed by atoms with Gasteiger partial charge in [-0.2, -0.15) is 0 Å². The Kier molecular flexibility index (Phi) is 3.11. The number of thioether (sulfide) groups is 1. The molecule has 2 nitrogen and oxygen atoms in total. The maximum absolute atomic E-state index is 5.88. The number of furan rings is 1. The third-order valence-electron chi connectivity index (χ3n) is 1.68. The quantitative estimate of drug-likeness (QED) is 0.747. The number of hydrogen-bond acceptors (Lipinski definition) is 3. The van der Waals surface area contributed by atoms with Crippen molar-refractivity contribution in [2.75, 3.05) is 0 Å². The predicted molar refractivity (Wildman–Crippen MR) is 57.5 cm³/mol. The standard InChI is InChI=1S/C10H8ClNOS/c11-8-4-6-13-9(8)7-14-10-3-1-2-5-12-10/h1-6H,7H2. The van der Waals surface area contributed by atoms with E-state index in [0.29, 0.717) is 10.8 Å². The summed E-state index contributed by atoms with van der Waals surface area (Å²) in [6, 6.07) is 7.56. The van der Waals surface area contributed by atoms with E-state index in [4.69, 9.17) is 16.0 Å². The number of hydrogen-bond donors (Lipinski definition) is 0. The SMILES string of the molecule is Clc1ccoc1CSc1ccccn1. The van der Waals surface area contributed by atoms with E-state index in [-0.39, 0.29) is 0 Å². The first-order chi connectivity index (χ1) is 6.86. The summed E-state index contributed by atoms with van der Waals surface area (Å²) in [6.45, 7) is 0. The van der Waals surface area contributed by atoms with Crippen LogP contribution in [-0.2, 0) is 5.75 Å². The van der Waals surface area contributed by atoms with E-state index >= 15 is 0 Å². The highest BCUT2D eigenvalue weighted by atomic mass is 35.5. The summed E-state index contributed by atoms with van der Waals surface area (Å²) in [6.07, 6.45) is 3.36. The van der Waals surface area contributed by atoms with Crippen LogP contribution in [0.3, 0.4) is 0 Å². The lowest BCUT2D eigenvalue weighted by molar-refractivity contribution is 0.530. The fourth-order valence-electron chi connectivity index (χ4n) is 1.00. The lowest BCUT2D eigenvalue weighted by atomic mass is 10.5. The zero-order valence-corrected chi connectivity index (χ0v) is 8.89. The maximum Gasteiger partial charge on any atom is 0.132 e. The van der Waals surface area contributed by atoms with Crippen LogP contribution in [0.25, 0.3) is 0 Å². The first-order valence-electron chi connectivity index (χ1n) is 4.12. The van der Waals surface area contributed by atoms with Crippen molar-refractivity contribution in [3.8, 4) is 0 Å². The Morgan fingerprint density at radius 3 is 2.93 bits per heavy atom. The van der Waals surface area contributed by atoms with E-state index in [1.807, 2.05) is 18.2 Å². The van der Waals surface area contributed by atoms with Gasteiger partial charge in [-0.3, -0.25) is 0 Å². The van der Waals surface area contributed by atoms with Crippen molar-refractivity contribution < 1.29 is 4.42 Å². The molecule has 0 saturated carbocycles. The fourth-order valence-corrected chi connectivity index (χ4v) is 2.05. The van der Waals surface area contributed by atoms with Gasteiger partial charge in [-0.15, -0.1) is 0 Å². The van der Waals surface area contributed by atoms with Crippen LogP contribution < -0.4 is 0 Å². The van der Waals surface area contributed by atoms with Crippen LogP contribution in [0, 0.1) is 0 Å². The summed E-state index contributed by atoms with van der Waals surface area (Å²) >= 11 is 7.48. The molecule has 0 saturated heterocycles. The molecule has 0 bridgehead atoms. The van der Waals surface area contributed by atoms with Gasteiger partial charge in [0.05, 0.1) is 22.1 Å². The largest absolute Gasteiger partial charge is 0.467 e. The minimum atomic E-state index is 0.674. The van der Waals surface area contributed by atoms with Crippen molar-refractivity contribution in [1.29, 1.82) is 0 Å². The Labute approximate surface area is 91.3 Å². The van der Waals surface area contributed by atoms with Gasteiger partial charge in [-0.25, -0.2) is 4.98 Å². The molecule has 72 valence electrons. The summed E-state index contributed by atoms with van der Waals surface area (Å²) in [5.74, 6) is 1.50. The smallest absolute Gasteiger partial charge is 0.132 e. The molecule has 4 heteroatoms. The van der Waals surface area contributed by atoms with E-state index in [2.05, 4.69) is 4.98 Å². The Hall–Kier alpha value is -0.930. The molecule has 0 spiro atoms. The van der Waals surface area contributed by atoms with Crippen molar-refractivity contribution in [2.45, 2.75) is 10.8 Å². The van der Waals surface area contributed by atoms with Crippen molar-refractivity contribution in [3.05, 3.63) is 47.5 Å². The van der Waals surface area contributed by atoms with E-state index in [1.165, 1.54) is 0 Å². The minimum absolute atomic E-state index is 0.674. The monoisotopic (exact) mass is 225 g/mol. The van der Waals surface area contributed by atoms with Crippen molar-refractivity contribution in [1.82, 2.24) is 4.98 Å². The van der Waals surface area contributed by atoms with Crippen molar-refractivity contribution in [2.24, 2.45) is 0 Å². The molecule has 0 unspecified atom stereocenters. The average Bonchev–Trinajstić information content (AvgIpc) is 2.63. The number of rotatable bonds is 3. The average molecular weight is 226 g/mol. The highest BCUT2D eigenvalue weighted by molar-refractivity contribution is 7.98. The number of halogens is 1. The molecule has 0 atom stereocenters. The molecule has 2 rings (SSSR count). The highest BCUT2D eigenvalue weighted by Crippen LogP contribution is 2.25. The molecule has 0 aliphatic carbocycles. The van der Waals surface area contributed by atoms with Gasteiger partial charge in [0.25, 0.3) is 0 Å². The van der Waals surface area contributed by atoms with E-state index < -0.39 is 0 Å². The van der Waals surface area contributed by atoms with Crippen LogP contribution in [0.4, 0.5) is 0 Å². The molecule has 2 aromatic heterocycles. The molecule has 14 heavy (non-hydrogen) atoms. The van der Waals surface area contributed by atoms with Crippen molar-refractivity contribution in [3.63, 3.8) is 0 Å². The first-order valence-corrected chi connectivity index (χ1v) is 5.48. The van der Waals surface area contributed by atoms with Gasteiger partial charge in [0.15, 0.2) is 0 Å². The van der Waals surface area contributed by atoms with Gasteiger partial charge in [-0.1, -0.05) is 29.4 Å². The molecule has 0 N–H and O–H groups in total. The predicted octanol–water partition coefficient (Wildman–Crippen LogP) is 3.62. The molecule has 0 amide bonds. The van der Waals surface area contributed by atoms with Gasteiger partial charge >= 0.3 is 0 Å². The molecule has 0 radical (unpaired) electrons. The summed E-state index contributed by atoms with van der Waals surface area (Å²) < 4.78 is 5.21. The Bertz CT molecular complexity index is 402. The second-order valence-corrected chi connectivity index (χ2v) is 4.05. The summed E-state index contributed by atoms with van der Waals surface area (Å²) in [7, 11) is 0.